The zero-order valence-corrected chi connectivity index (χ0v) is 6.94. The maximum absolute atomic E-state index is 10.1. The summed E-state index contributed by atoms with van der Waals surface area (Å²) >= 11 is 0. The number of rotatable bonds is 7. The Balaban J connectivity index is 3.67. The third kappa shape index (κ3) is 5.56. The van der Waals surface area contributed by atoms with Crippen LogP contribution in [-0.2, 0) is 4.79 Å². The quantitative estimate of drug-likeness (QED) is 0.266. The highest BCUT2D eigenvalue weighted by molar-refractivity contribution is 5.46. The first-order valence-corrected chi connectivity index (χ1v) is 3.85. The van der Waals surface area contributed by atoms with Gasteiger partial charge in [0.2, 0.25) is 6.41 Å². The van der Waals surface area contributed by atoms with Gasteiger partial charge in [-0.15, -0.1) is 0 Å². The molecule has 0 aromatic carbocycles. The third-order valence-electron chi connectivity index (χ3n) is 1.47. The summed E-state index contributed by atoms with van der Waals surface area (Å²) in [5.41, 5.74) is 8.04. The summed E-state index contributed by atoms with van der Waals surface area (Å²) in [5, 5.41) is 5.96. The summed E-state index contributed by atoms with van der Waals surface area (Å²) < 4.78 is 0. The Bertz CT molecular complexity index is 165. The van der Waals surface area contributed by atoms with Gasteiger partial charge in [0.05, 0.1) is 0 Å². The fourth-order valence-electron chi connectivity index (χ4n) is 0.849. The molecule has 0 spiro atoms. The predicted molar refractivity (Wildman–Crippen MR) is 46.2 cm³/mol. The van der Waals surface area contributed by atoms with E-state index < -0.39 is 0 Å². The van der Waals surface area contributed by atoms with Crippen molar-refractivity contribution in [1.29, 1.82) is 0 Å². The zero-order valence-electron chi connectivity index (χ0n) is 6.94. The van der Waals surface area contributed by atoms with E-state index in [0.717, 1.165) is 19.3 Å². The first-order chi connectivity index (χ1) is 5.85. The number of carbonyl (C=O) groups is 1. The number of carbonyl (C=O) groups excluding carboxylic acids is 1. The molecule has 0 aromatic heterocycles. The smallest absolute Gasteiger partial charge is 0.207 e. The lowest BCUT2D eigenvalue weighted by Crippen LogP contribution is -2.30. The van der Waals surface area contributed by atoms with Gasteiger partial charge < -0.3 is 5.32 Å². The van der Waals surface area contributed by atoms with Crippen LogP contribution in [0.15, 0.2) is 5.11 Å². The van der Waals surface area contributed by atoms with Crippen LogP contribution >= 0.6 is 0 Å². The van der Waals surface area contributed by atoms with Crippen molar-refractivity contribution < 1.29 is 4.79 Å². The minimum atomic E-state index is -0.0415. The van der Waals surface area contributed by atoms with Crippen LogP contribution in [-0.4, -0.2) is 19.0 Å². The normalized spacial score (nSPS) is 11.4. The van der Waals surface area contributed by atoms with E-state index in [1.807, 2.05) is 0 Å². The number of nitrogens with zero attached hydrogens (tertiary/aromatic N) is 3. The Labute approximate surface area is 71.8 Å². The maximum atomic E-state index is 10.1. The van der Waals surface area contributed by atoms with Gasteiger partial charge in [-0.1, -0.05) is 24.9 Å². The van der Waals surface area contributed by atoms with E-state index in [0.29, 0.717) is 13.0 Å². The first kappa shape index (κ1) is 10.8. The van der Waals surface area contributed by atoms with E-state index in [1.54, 1.807) is 0 Å². The molecule has 5 nitrogen and oxygen atoms in total. The Morgan fingerprint density at radius 1 is 1.75 bits per heavy atom. The van der Waals surface area contributed by atoms with Gasteiger partial charge >= 0.3 is 0 Å². The molecule has 0 aliphatic heterocycles. The Kier molecular flexibility index (Phi) is 7.08. The molecule has 1 amide bonds. The fraction of sp³-hybridized carbons (Fsp3) is 0.714. The van der Waals surface area contributed by atoms with E-state index in [1.165, 1.54) is 0 Å². The van der Waals surface area contributed by atoms with Crippen molar-refractivity contribution in [3.8, 4) is 0 Å². The van der Waals surface area contributed by atoms with Crippen LogP contribution in [0.25, 0.3) is 10.4 Å². The molecule has 1 N–H and O–H groups in total. The topological polar surface area (TPSA) is 77.9 Å². The van der Waals surface area contributed by atoms with Crippen LogP contribution in [0.1, 0.15) is 19.3 Å². The molecular weight excluding hydrogens is 156 g/mol. The average Bonchev–Trinajstić information content (AvgIpc) is 2.10. The summed E-state index contributed by atoms with van der Waals surface area (Å²) in [4.78, 5) is 12.7. The van der Waals surface area contributed by atoms with Crippen molar-refractivity contribution in [2.24, 2.45) is 5.11 Å². The molecule has 0 heterocycles. The van der Waals surface area contributed by atoms with Crippen molar-refractivity contribution >= 4 is 6.41 Å². The molecule has 1 unspecified atom stereocenters. The zero-order chi connectivity index (χ0) is 9.23. The fourth-order valence-corrected chi connectivity index (χ4v) is 0.849. The molecule has 0 aliphatic carbocycles. The summed E-state index contributed by atoms with van der Waals surface area (Å²) in [5.74, 6) is 0. The monoisotopic (exact) mass is 169 g/mol. The third-order valence-corrected chi connectivity index (χ3v) is 1.47. The molecule has 0 saturated carbocycles. The van der Waals surface area contributed by atoms with Gasteiger partial charge in [-0.3, -0.25) is 4.79 Å². The lowest BCUT2D eigenvalue weighted by Gasteiger charge is -2.11. The average molecular weight is 169 g/mol. The van der Waals surface area contributed by atoms with Gasteiger partial charge in [0.25, 0.3) is 0 Å². The van der Waals surface area contributed by atoms with Gasteiger partial charge in [-0.05, 0) is 12.0 Å². The van der Waals surface area contributed by atoms with Gasteiger partial charge in [-0.25, -0.2) is 0 Å². The second kappa shape index (κ2) is 7.88. The van der Waals surface area contributed by atoms with Crippen molar-refractivity contribution in [3.63, 3.8) is 0 Å². The summed E-state index contributed by atoms with van der Waals surface area (Å²) in [6, 6.07) is -0.0415. The van der Waals surface area contributed by atoms with E-state index in [-0.39, 0.29) is 6.04 Å². The molecule has 1 radical (unpaired) electrons. The highest BCUT2D eigenvalue weighted by atomic mass is 16.1. The Hall–Kier alpha value is -1.22. The molecule has 0 fully saturated rings. The molecule has 1 atom stereocenters. The lowest BCUT2D eigenvalue weighted by molar-refractivity contribution is -0.110. The number of hydrogen-bond acceptors (Lipinski definition) is 2. The summed E-state index contributed by atoms with van der Waals surface area (Å²) in [6.07, 6.45) is 3.18. The molecule has 0 aliphatic rings. The second-order valence-corrected chi connectivity index (χ2v) is 2.39. The number of unbranched alkanes of at least 4 members (excludes halogenated alkanes) is 1. The van der Waals surface area contributed by atoms with Crippen molar-refractivity contribution in [2.45, 2.75) is 25.3 Å². The molecule has 0 bridgehead atoms. The van der Waals surface area contributed by atoms with Crippen molar-refractivity contribution in [2.75, 3.05) is 6.54 Å². The van der Waals surface area contributed by atoms with E-state index in [4.69, 9.17) is 5.53 Å². The highest BCUT2D eigenvalue weighted by Gasteiger charge is 2.03. The molecule has 0 rings (SSSR count). The summed E-state index contributed by atoms with van der Waals surface area (Å²) in [7, 11) is 0. The van der Waals surface area contributed by atoms with Crippen LogP contribution in [0.5, 0.6) is 0 Å². The number of amides is 1. The first-order valence-electron chi connectivity index (χ1n) is 3.85. The van der Waals surface area contributed by atoms with Gasteiger partial charge in [0.1, 0.15) is 0 Å². The van der Waals surface area contributed by atoms with Crippen molar-refractivity contribution in [3.05, 3.63) is 17.4 Å². The lowest BCUT2D eigenvalue weighted by atomic mass is 10.1. The van der Waals surface area contributed by atoms with Gasteiger partial charge in [-0.2, -0.15) is 0 Å². The molecular formula is C7H13N4O. The largest absolute Gasteiger partial charge is 0.356 e. The minimum Gasteiger partial charge on any atom is -0.356 e. The number of azide groups is 1. The Morgan fingerprint density at radius 3 is 3.00 bits per heavy atom. The van der Waals surface area contributed by atoms with Crippen LogP contribution in [0.3, 0.4) is 0 Å². The maximum Gasteiger partial charge on any atom is 0.207 e. The molecule has 0 saturated heterocycles. The SMILES string of the molecule is [CH2]CCCC(CN=[N+]=[N-])NC=O. The van der Waals surface area contributed by atoms with Crippen LogP contribution < -0.4 is 5.32 Å². The number of nitrogens with one attached hydrogen (secondary N) is 1. The molecule has 12 heavy (non-hydrogen) atoms. The number of hydrogen-bond donors (Lipinski definition) is 1. The molecule has 5 heteroatoms. The van der Waals surface area contributed by atoms with Gasteiger partial charge in [0, 0.05) is 17.5 Å². The Morgan fingerprint density at radius 2 is 2.50 bits per heavy atom. The van der Waals surface area contributed by atoms with Gasteiger partial charge in [0.15, 0.2) is 0 Å². The minimum absolute atomic E-state index is 0.0415. The van der Waals surface area contributed by atoms with E-state index in [2.05, 4.69) is 22.3 Å². The van der Waals surface area contributed by atoms with E-state index in [9.17, 15) is 4.79 Å². The van der Waals surface area contributed by atoms with E-state index >= 15 is 0 Å². The highest BCUT2D eigenvalue weighted by Crippen LogP contribution is 2.00. The molecule has 67 valence electrons. The summed E-state index contributed by atoms with van der Waals surface area (Å²) in [6.45, 7) is 3.99. The standard InChI is InChI=1S/C7H13N4O/c1-2-3-4-7(9-6-12)5-10-11-8/h6-7H,1-5H2,(H,9,12). The second-order valence-electron chi connectivity index (χ2n) is 2.39. The van der Waals surface area contributed by atoms with Crippen LogP contribution in [0, 0.1) is 6.92 Å². The predicted octanol–water partition coefficient (Wildman–Crippen LogP) is 1.42. The molecule has 0 aromatic rings. The van der Waals surface area contributed by atoms with Crippen LogP contribution in [0.2, 0.25) is 0 Å². The van der Waals surface area contributed by atoms with Crippen LogP contribution in [0.4, 0.5) is 0 Å². The van der Waals surface area contributed by atoms with Crippen molar-refractivity contribution in [1.82, 2.24) is 5.32 Å².